The molecule has 0 aromatic heterocycles. The summed E-state index contributed by atoms with van der Waals surface area (Å²) in [5.41, 5.74) is 5.50. The molecule has 1 fully saturated rings. The first-order valence-electron chi connectivity index (χ1n) is 5.78. The van der Waals surface area contributed by atoms with Gasteiger partial charge in [-0.25, -0.2) is 4.79 Å². The zero-order valence-electron chi connectivity index (χ0n) is 10.0. The third-order valence-electron chi connectivity index (χ3n) is 3.10. The second-order valence-electron chi connectivity index (χ2n) is 4.20. The first kappa shape index (κ1) is 12.9. The number of hydrogen-bond acceptors (Lipinski definition) is 8. The Morgan fingerprint density at radius 3 is 2.47 bits per heavy atom. The second-order valence-corrected chi connectivity index (χ2v) is 5.58. The Morgan fingerprint density at radius 2 is 1.89 bits per heavy atom. The van der Waals surface area contributed by atoms with Crippen LogP contribution in [-0.4, -0.2) is 46.4 Å². The van der Waals surface area contributed by atoms with Crippen molar-refractivity contribution in [3.63, 3.8) is 0 Å². The first-order valence-corrected chi connectivity index (χ1v) is 7.54. The Kier molecular flexibility index (Phi) is 3.75. The highest BCUT2D eigenvalue weighted by molar-refractivity contribution is 8.00. The molecule has 0 radical (unpaired) electrons. The van der Waals surface area contributed by atoms with Crippen LogP contribution < -0.4 is 20.7 Å². The lowest BCUT2D eigenvalue weighted by Crippen LogP contribution is -2.68. The Balaban J connectivity index is 1.69. The monoisotopic (exact) mass is 301 g/mol. The van der Waals surface area contributed by atoms with Crippen molar-refractivity contribution in [1.82, 2.24) is 29.9 Å². The number of primary amides is 1. The van der Waals surface area contributed by atoms with Crippen LogP contribution in [0.5, 0.6) is 0 Å². The highest BCUT2D eigenvalue weighted by Gasteiger charge is 2.36. The maximum Gasteiger partial charge on any atom is 0.316 e. The van der Waals surface area contributed by atoms with E-state index in [1.165, 1.54) is 23.9 Å². The maximum absolute atomic E-state index is 11.7. The number of hydrazine groups is 2. The molecule has 3 aliphatic heterocycles. The van der Waals surface area contributed by atoms with Crippen molar-refractivity contribution in [3.05, 3.63) is 23.2 Å². The SMILES string of the molecule is NC(=O)N1CC(N2C=CSN2)NCC1N1C=CSN1. The van der Waals surface area contributed by atoms with Crippen LogP contribution in [0, 0.1) is 0 Å². The smallest absolute Gasteiger partial charge is 0.316 e. The Bertz CT molecular complexity index is 417. The molecule has 3 aliphatic rings. The van der Waals surface area contributed by atoms with Crippen molar-refractivity contribution < 1.29 is 4.79 Å². The fourth-order valence-corrected chi connectivity index (χ4v) is 3.28. The summed E-state index contributed by atoms with van der Waals surface area (Å²) in [5, 5.41) is 11.1. The van der Waals surface area contributed by atoms with Gasteiger partial charge in [0.2, 0.25) is 0 Å². The second kappa shape index (κ2) is 5.51. The van der Waals surface area contributed by atoms with Crippen LogP contribution in [0.25, 0.3) is 0 Å². The molecule has 3 heterocycles. The molecule has 0 spiro atoms. The van der Waals surface area contributed by atoms with Gasteiger partial charge in [0, 0.05) is 29.8 Å². The summed E-state index contributed by atoms with van der Waals surface area (Å²) in [5.74, 6) is 0. The van der Waals surface area contributed by atoms with Crippen LogP contribution in [0.15, 0.2) is 23.2 Å². The van der Waals surface area contributed by atoms with E-state index in [2.05, 4.69) is 15.0 Å². The normalized spacial score (nSPS) is 30.4. The van der Waals surface area contributed by atoms with Crippen LogP contribution in [0.3, 0.4) is 0 Å². The summed E-state index contributed by atoms with van der Waals surface area (Å²) in [6.07, 6.45) is 3.72. The van der Waals surface area contributed by atoms with Gasteiger partial charge in [-0.3, -0.25) is 20.2 Å². The van der Waals surface area contributed by atoms with Crippen LogP contribution in [0.4, 0.5) is 4.79 Å². The number of rotatable bonds is 2. The average Bonchev–Trinajstić information content (AvgIpc) is 3.11. The van der Waals surface area contributed by atoms with Gasteiger partial charge in [-0.2, -0.15) is 9.66 Å². The zero-order chi connectivity index (χ0) is 13.2. The van der Waals surface area contributed by atoms with Crippen LogP contribution in [-0.2, 0) is 0 Å². The highest BCUT2D eigenvalue weighted by atomic mass is 32.2. The molecule has 10 heteroatoms. The third-order valence-corrected chi connectivity index (χ3v) is 4.25. The molecule has 0 aromatic rings. The molecule has 104 valence electrons. The van der Waals surface area contributed by atoms with Gasteiger partial charge in [-0.05, 0) is 23.9 Å². The number of piperazine rings is 1. The van der Waals surface area contributed by atoms with Gasteiger partial charge in [0.05, 0.1) is 6.54 Å². The molecular weight excluding hydrogens is 286 g/mol. The van der Waals surface area contributed by atoms with Crippen molar-refractivity contribution >= 4 is 29.9 Å². The highest BCUT2D eigenvalue weighted by Crippen LogP contribution is 2.19. The minimum absolute atomic E-state index is 0.00855. The van der Waals surface area contributed by atoms with E-state index in [0.29, 0.717) is 13.1 Å². The number of nitrogens with two attached hydrogens (primary N) is 1. The minimum atomic E-state index is -0.417. The van der Waals surface area contributed by atoms with Gasteiger partial charge in [0.25, 0.3) is 0 Å². The van der Waals surface area contributed by atoms with Gasteiger partial charge >= 0.3 is 6.03 Å². The van der Waals surface area contributed by atoms with Crippen molar-refractivity contribution in [3.8, 4) is 0 Å². The molecule has 0 bridgehead atoms. The lowest BCUT2D eigenvalue weighted by atomic mass is 10.2. The fourth-order valence-electron chi connectivity index (χ4n) is 2.16. The summed E-state index contributed by atoms with van der Waals surface area (Å²) in [7, 11) is 0. The van der Waals surface area contributed by atoms with Crippen LogP contribution in [0.1, 0.15) is 0 Å². The molecule has 2 amide bonds. The van der Waals surface area contributed by atoms with Gasteiger partial charge < -0.3 is 5.73 Å². The predicted octanol–water partition coefficient (Wildman–Crippen LogP) is -0.498. The third kappa shape index (κ3) is 2.62. The topological polar surface area (TPSA) is 88.9 Å². The van der Waals surface area contributed by atoms with Crippen LogP contribution in [0.2, 0.25) is 0 Å². The minimum Gasteiger partial charge on any atom is -0.351 e. The molecule has 2 atom stereocenters. The fraction of sp³-hybridized carbons (Fsp3) is 0.444. The number of nitrogens with zero attached hydrogens (tertiary/aromatic N) is 3. The van der Waals surface area contributed by atoms with Crippen molar-refractivity contribution in [2.75, 3.05) is 13.1 Å². The van der Waals surface area contributed by atoms with E-state index >= 15 is 0 Å². The average molecular weight is 301 g/mol. The lowest BCUT2D eigenvalue weighted by molar-refractivity contribution is 0.0254. The number of carbonyl (C=O) groups is 1. The molecule has 8 nitrogen and oxygen atoms in total. The quantitative estimate of drug-likeness (QED) is 0.508. The van der Waals surface area contributed by atoms with Crippen molar-refractivity contribution in [2.24, 2.45) is 5.73 Å². The Hall–Kier alpha value is -1.07. The van der Waals surface area contributed by atoms with Gasteiger partial charge in [-0.15, -0.1) is 0 Å². The predicted molar refractivity (Wildman–Crippen MR) is 75.3 cm³/mol. The number of urea groups is 1. The standard InChI is InChI=1S/C9H15N7OS2/c10-9(17)14-6-7(15-1-3-18-12-15)11-5-8(14)16-2-4-19-13-16/h1-4,7-8,11-13H,5-6H2,(H2,10,17). The van der Waals surface area contributed by atoms with Crippen LogP contribution >= 0.6 is 23.9 Å². The lowest BCUT2D eigenvalue weighted by Gasteiger charge is -2.44. The molecule has 3 rings (SSSR count). The summed E-state index contributed by atoms with van der Waals surface area (Å²) in [6, 6.07) is -0.417. The Labute approximate surface area is 119 Å². The summed E-state index contributed by atoms with van der Waals surface area (Å²) >= 11 is 2.96. The molecule has 1 saturated heterocycles. The summed E-state index contributed by atoms with van der Waals surface area (Å²) in [4.78, 5) is 19.5. The van der Waals surface area contributed by atoms with Gasteiger partial charge in [0.1, 0.15) is 12.3 Å². The molecular formula is C9H15N7OS2. The Morgan fingerprint density at radius 1 is 1.21 bits per heavy atom. The molecule has 2 unspecified atom stereocenters. The molecule has 19 heavy (non-hydrogen) atoms. The van der Waals surface area contributed by atoms with E-state index in [4.69, 9.17) is 5.73 Å². The molecule has 0 aliphatic carbocycles. The van der Waals surface area contributed by atoms with E-state index in [-0.39, 0.29) is 12.3 Å². The summed E-state index contributed by atoms with van der Waals surface area (Å²) in [6.45, 7) is 1.14. The largest absolute Gasteiger partial charge is 0.351 e. The van der Waals surface area contributed by atoms with Gasteiger partial charge in [-0.1, -0.05) is 0 Å². The van der Waals surface area contributed by atoms with Crippen molar-refractivity contribution in [1.29, 1.82) is 0 Å². The van der Waals surface area contributed by atoms with E-state index in [1.54, 1.807) is 4.90 Å². The van der Waals surface area contributed by atoms with Crippen molar-refractivity contribution in [2.45, 2.75) is 12.3 Å². The number of carbonyl (C=O) groups excluding carboxylic acids is 1. The van der Waals surface area contributed by atoms with E-state index in [9.17, 15) is 4.79 Å². The van der Waals surface area contributed by atoms with E-state index in [1.807, 2.05) is 33.2 Å². The van der Waals surface area contributed by atoms with Gasteiger partial charge in [0.15, 0.2) is 0 Å². The molecule has 5 N–H and O–H groups in total. The number of hydrogen-bond donors (Lipinski definition) is 4. The summed E-state index contributed by atoms with van der Waals surface area (Å²) < 4.78 is 0. The first-order chi connectivity index (χ1) is 9.25. The number of nitrogens with one attached hydrogen (secondary N) is 3. The van der Waals surface area contributed by atoms with E-state index in [0.717, 1.165) is 0 Å². The molecule has 0 saturated carbocycles. The number of amides is 2. The maximum atomic E-state index is 11.7. The van der Waals surface area contributed by atoms with E-state index < -0.39 is 6.03 Å². The molecule has 0 aromatic carbocycles. The zero-order valence-corrected chi connectivity index (χ0v) is 11.7.